The van der Waals surface area contributed by atoms with Crippen molar-refractivity contribution in [1.82, 2.24) is 4.90 Å². The first kappa shape index (κ1) is 22.1. The third-order valence-electron chi connectivity index (χ3n) is 5.28. The number of hydrogen-bond acceptors (Lipinski definition) is 5. The number of carboxylic acids is 1. The summed E-state index contributed by atoms with van der Waals surface area (Å²) in [5, 5.41) is 26.5. The number of carbonyl (C=O) groups is 3. The minimum atomic E-state index is -1.35. The summed E-state index contributed by atoms with van der Waals surface area (Å²) in [5.41, 5.74) is 4.91. The third kappa shape index (κ3) is 5.43. The molecule has 5 N–H and O–H groups in total. The van der Waals surface area contributed by atoms with Gasteiger partial charge in [0.1, 0.15) is 17.0 Å². The topological polar surface area (TPSA) is 145 Å². The lowest BCUT2D eigenvalue weighted by Crippen LogP contribution is -2.48. The van der Waals surface area contributed by atoms with Gasteiger partial charge in [-0.15, -0.1) is 0 Å². The highest BCUT2D eigenvalue weighted by molar-refractivity contribution is 6.12. The van der Waals surface area contributed by atoms with Crippen molar-refractivity contribution in [3.63, 3.8) is 0 Å². The molecule has 1 aliphatic heterocycles. The van der Waals surface area contributed by atoms with E-state index in [0.717, 1.165) is 6.08 Å². The van der Waals surface area contributed by atoms with Crippen LogP contribution < -0.4 is 5.73 Å². The molecule has 1 heterocycles. The smallest absolute Gasteiger partial charge is 0.303 e. The van der Waals surface area contributed by atoms with Crippen LogP contribution >= 0.6 is 0 Å². The standard InChI is InChI=1S/C21H27N3O5/c1-21(2,20(29)24-9-7-13(8-10-24)11-18(27)28)17(26)12-16(25)14-3-5-15(6-4-14)19(22)23/h3-6,12-13,25H,7-11H2,1-2H3,(H3,22,23)(H,27,28). The fourth-order valence-corrected chi connectivity index (χ4v) is 3.30. The van der Waals surface area contributed by atoms with Crippen LogP contribution in [0.2, 0.25) is 0 Å². The van der Waals surface area contributed by atoms with Crippen LogP contribution in [0.4, 0.5) is 0 Å². The molecule has 0 spiro atoms. The predicted molar refractivity (Wildman–Crippen MR) is 108 cm³/mol. The van der Waals surface area contributed by atoms with Crippen LogP contribution in [0, 0.1) is 16.7 Å². The number of aliphatic hydroxyl groups excluding tert-OH is 1. The van der Waals surface area contributed by atoms with Crippen molar-refractivity contribution in [1.29, 1.82) is 5.41 Å². The number of benzene rings is 1. The Balaban J connectivity index is 2.06. The number of amides is 1. The fraction of sp³-hybridized carbons (Fsp3) is 0.429. The van der Waals surface area contributed by atoms with E-state index in [1.807, 2.05) is 0 Å². The molecule has 0 atom stereocenters. The molecule has 0 unspecified atom stereocenters. The Morgan fingerprint density at radius 1 is 1.14 bits per heavy atom. The number of carboxylic acid groups (broad SMARTS) is 1. The van der Waals surface area contributed by atoms with E-state index in [2.05, 4.69) is 0 Å². The number of likely N-dealkylation sites (tertiary alicyclic amines) is 1. The summed E-state index contributed by atoms with van der Waals surface area (Å²) in [6.07, 6.45) is 2.30. The van der Waals surface area contributed by atoms with Crippen molar-refractivity contribution in [2.45, 2.75) is 33.1 Å². The van der Waals surface area contributed by atoms with Crippen molar-refractivity contribution < 1.29 is 24.6 Å². The maximum Gasteiger partial charge on any atom is 0.303 e. The lowest BCUT2D eigenvalue weighted by atomic mass is 9.84. The van der Waals surface area contributed by atoms with Crippen molar-refractivity contribution in [3.8, 4) is 0 Å². The first-order chi connectivity index (χ1) is 13.5. The molecule has 0 aliphatic carbocycles. The Labute approximate surface area is 169 Å². The summed E-state index contributed by atoms with van der Waals surface area (Å²) in [5.74, 6) is -2.05. The van der Waals surface area contributed by atoms with Gasteiger partial charge in [0.2, 0.25) is 5.91 Å². The average molecular weight is 401 g/mol. The number of allylic oxidation sites excluding steroid dienone is 1. The average Bonchev–Trinajstić information content (AvgIpc) is 2.67. The normalized spacial score (nSPS) is 15.8. The Morgan fingerprint density at radius 2 is 1.66 bits per heavy atom. The van der Waals surface area contributed by atoms with Crippen LogP contribution in [0.1, 0.15) is 44.2 Å². The maximum absolute atomic E-state index is 12.9. The van der Waals surface area contributed by atoms with E-state index < -0.39 is 17.2 Å². The maximum atomic E-state index is 12.9. The number of nitrogens with one attached hydrogen (secondary N) is 1. The van der Waals surface area contributed by atoms with Gasteiger partial charge in [-0.05, 0) is 32.6 Å². The van der Waals surface area contributed by atoms with E-state index in [-0.39, 0.29) is 29.8 Å². The molecule has 29 heavy (non-hydrogen) atoms. The summed E-state index contributed by atoms with van der Waals surface area (Å²) in [7, 11) is 0. The fourth-order valence-electron chi connectivity index (χ4n) is 3.30. The third-order valence-corrected chi connectivity index (χ3v) is 5.28. The summed E-state index contributed by atoms with van der Waals surface area (Å²) < 4.78 is 0. The van der Waals surface area contributed by atoms with Gasteiger partial charge in [-0.2, -0.15) is 0 Å². The van der Waals surface area contributed by atoms with Gasteiger partial charge in [-0.1, -0.05) is 24.3 Å². The van der Waals surface area contributed by atoms with Gasteiger partial charge in [0.25, 0.3) is 0 Å². The number of piperidine rings is 1. The molecule has 1 aromatic rings. The molecule has 1 saturated heterocycles. The molecule has 2 rings (SSSR count). The Bertz CT molecular complexity index is 834. The van der Waals surface area contributed by atoms with Gasteiger partial charge in [-0.25, -0.2) is 0 Å². The Hall–Kier alpha value is -3.16. The highest BCUT2D eigenvalue weighted by atomic mass is 16.4. The van der Waals surface area contributed by atoms with Gasteiger partial charge < -0.3 is 20.8 Å². The molecule has 8 heteroatoms. The zero-order chi connectivity index (χ0) is 21.8. The molecule has 1 amide bonds. The van der Waals surface area contributed by atoms with E-state index in [1.54, 1.807) is 17.0 Å². The molecular weight excluding hydrogens is 374 g/mol. The lowest BCUT2D eigenvalue weighted by Gasteiger charge is -2.35. The SMILES string of the molecule is CC(C)(C(=O)C=C(O)c1ccc(C(=N)N)cc1)C(=O)N1CCC(CC(=O)O)CC1. The number of aliphatic carboxylic acids is 1. The summed E-state index contributed by atoms with van der Waals surface area (Å²) >= 11 is 0. The van der Waals surface area contributed by atoms with Gasteiger partial charge >= 0.3 is 5.97 Å². The Kier molecular flexibility index (Phi) is 6.79. The number of ketones is 1. The Morgan fingerprint density at radius 3 is 2.14 bits per heavy atom. The van der Waals surface area contributed by atoms with Gasteiger partial charge in [-0.3, -0.25) is 19.8 Å². The van der Waals surface area contributed by atoms with E-state index in [4.69, 9.17) is 16.2 Å². The summed E-state index contributed by atoms with van der Waals surface area (Å²) in [6.45, 7) is 3.86. The van der Waals surface area contributed by atoms with Crippen LogP contribution in [0.3, 0.4) is 0 Å². The molecule has 0 radical (unpaired) electrons. The number of amidine groups is 1. The minimum absolute atomic E-state index is 0.0391. The molecule has 0 aromatic heterocycles. The lowest BCUT2D eigenvalue weighted by molar-refractivity contribution is -0.147. The van der Waals surface area contributed by atoms with Gasteiger partial charge in [0.05, 0.1) is 0 Å². The van der Waals surface area contributed by atoms with Crippen LogP contribution in [0.15, 0.2) is 30.3 Å². The second-order valence-corrected chi connectivity index (χ2v) is 7.84. The first-order valence-electron chi connectivity index (χ1n) is 9.43. The highest BCUT2D eigenvalue weighted by Gasteiger charge is 2.39. The zero-order valence-corrected chi connectivity index (χ0v) is 16.6. The van der Waals surface area contributed by atoms with Crippen LogP contribution in [0.25, 0.3) is 5.76 Å². The van der Waals surface area contributed by atoms with Gasteiger partial charge in [0, 0.05) is 36.7 Å². The van der Waals surface area contributed by atoms with Crippen molar-refractivity contribution in [3.05, 3.63) is 41.5 Å². The van der Waals surface area contributed by atoms with Crippen molar-refractivity contribution in [2.24, 2.45) is 17.1 Å². The minimum Gasteiger partial charge on any atom is -0.507 e. The molecule has 1 fully saturated rings. The predicted octanol–water partition coefficient (Wildman–Crippen LogP) is 2.18. The van der Waals surface area contributed by atoms with E-state index in [1.165, 1.54) is 26.0 Å². The summed E-state index contributed by atoms with van der Waals surface area (Å²) in [4.78, 5) is 38.0. The second kappa shape index (κ2) is 8.89. The van der Waals surface area contributed by atoms with E-state index >= 15 is 0 Å². The number of rotatable bonds is 7. The largest absolute Gasteiger partial charge is 0.507 e. The molecule has 0 saturated carbocycles. The number of hydrogen-bond donors (Lipinski definition) is 4. The number of nitrogen functional groups attached to an aromatic ring is 1. The first-order valence-corrected chi connectivity index (χ1v) is 9.43. The molecular formula is C21H27N3O5. The zero-order valence-electron chi connectivity index (χ0n) is 16.6. The van der Waals surface area contributed by atoms with E-state index in [0.29, 0.717) is 37.1 Å². The number of nitrogens with two attached hydrogens (primary N) is 1. The van der Waals surface area contributed by atoms with E-state index in [9.17, 15) is 19.5 Å². The van der Waals surface area contributed by atoms with Gasteiger partial charge in [0.15, 0.2) is 5.78 Å². The number of nitrogens with zero attached hydrogens (tertiary/aromatic N) is 1. The summed E-state index contributed by atoms with van der Waals surface area (Å²) in [6, 6.07) is 6.20. The second-order valence-electron chi connectivity index (χ2n) is 7.84. The molecule has 1 aromatic carbocycles. The van der Waals surface area contributed by atoms with Crippen molar-refractivity contribution in [2.75, 3.05) is 13.1 Å². The molecule has 0 bridgehead atoms. The highest BCUT2D eigenvalue weighted by Crippen LogP contribution is 2.27. The van der Waals surface area contributed by atoms with Crippen LogP contribution in [0.5, 0.6) is 0 Å². The van der Waals surface area contributed by atoms with Crippen LogP contribution in [-0.4, -0.2) is 51.7 Å². The number of aliphatic hydroxyl groups is 1. The molecule has 1 aliphatic rings. The molecule has 156 valence electrons. The monoisotopic (exact) mass is 401 g/mol. The quantitative estimate of drug-likeness (QED) is 0.181. The molecule has 8 nitrogen and oxygen atoms in total. The van der Waals surface area contributed by atoms with Crippen LogP contribution in [-0.2, 0) is 14.4 Å². The van der Waals surface area contributed by atoms with Crippen molar-refractivity contribution >= 4 is 29.3 Å². The number of carbonyl (C=O) groups excluding carboxylic acids is 2.